The average Bonchev–Trinajstić information content (AvgIpc) is 2.94. The molecular formula is C14H17N3O. The third-order valence-electron chi connectivity index (χ3n) is 3.81. The normalized spacial score (nSPS) is 19.8. The molecule has 2 N–H and O–H groups in total. The summed E-state index contributed by atoms with van der Waals surface area (Å²) in [7, 11) is 1.89. The van der Waals surface area contributed by atoms with E-state index in [0.29, 0.717) is 0 Å². The summed E-state index contributed by atoms with van der Waals surface area (Å²) in [6.45, 7) is 2.80. The Labute approximate surface area is 106 Å². The van der Waals surface area contributed by atoms with Gasteiger partial charge in [0, 0.05) is 24.8 Å². The minimum atomic E-state index is -0.553. The number of aliphatic hydroxyl groups excluding tert-OH is 1. The Kier molecular flexibility index (Phi) is 2.69. The van der Waals surface area contributed by atoms with Gasteiger partial charge >= 0.3 is 0 Å². The van der Waals surface area contributed by atoms with Gasteiger partial charge in [-0.25, -0.2) is 0 Å². The smallest absolute Gasteiger partial charge is 0.102 e. The first-order chi connectivity index (χ1) is 8.68. The van der Waals surface area contributed by atoms with Gasteiger partial charge in [-0.15, -0.1) is 0 Å². The summed E-state index contributed by atoms with van der Waals surface area (Å²) < 4.78 is 1.79. The lowest BCUT2D eigenvalue weighted by Crippen LogP contribution is -2.20. The van der Waals surface area contributed by atoms with E-state index in [1.165, 1.54) is 11.1 Å². The summed E-state index contributed by atoms with van der Waals surface area (Å²) in [4.78, 5) is 0. The van der Waals surface area contributed by atoms with Gasteiger partial charge in [0.1, 0.15) is 6.10 Å². The molecule has 2 atom stereocenters. The molecule has 1 aliphatic rings. The van der Waals surface area contributed by atoms with Crippen molar-refractivity contribution in [2.24, 2.45) is 7.05 Å². The average molecular weight is 243 g/mol. The van der Waals surface area contributed by atoms with Crippen LogP contribution in [-0.4, -0.2) is 14.9 Å². The van der Waals surface area contributed by atoms with Crippen LogP contribution >= 0.6 is 0 Å². The van der Waals surface area contributed by atoms with E-state index in [1.54, 1.807) is 10.9 Å². The number of hydrogen-bond acceptors (Lipinski definition) is 3. The zero-order valence-electron chi connectivity index (χ0n) is 10.6. The molecule has 94 valence electrons. The first kappa shape index (κ1) is 11.4. The maximum Gasteiger partial charge on any atom is 0.102 e. The Bertz CT molecular complexity index is 576. The number of aromatic nitrogens is 2. The number of benzene rings is 1. The minimum Gasteiger partial charge on any atom is -0.386 e. The number of nitrogens with zero attached hydrogens (tertiary/aromatic N) is 2. The second-order valence-electron chi connectivity index (χ2n) is 4.81. The third-order valence-corrected chi connectivity index (χ3v) is 3.81. The van der Waals surface area contributed by atoms with Crippen LogP contribution in [0, 0.1) is 6.92 Å². The van der Waals surface area contributed by atoms with Crippen molar-refractivity contribution in [1.29, 1.82) is 0 Å². The van der Waals surface area contributed by atoms with Crippen LogP contribution < -0.4 is 5.32 Å². The van der Waals surface area contributed by atoms with E-state index < -0.39 is 6.10 Å². The maximum absolute atomic E-state index is 10.5. The van der Waals surface area contributed by atoms with Crippen LogP contribution in [0.2, 0.25) is 0 Å². The molecule has 3 rings (SSSR count). The molecular weight excluding hydrogens is 226 g/mol. The third kappa shape index (κ3) is 1.65. The summed E-state index contributed by atoms with van der Waals surface area (Å²) in [6.07, 6.45) is 1.20. The van der Waals surface area contributed by atoms with E-state index in [0.717, 1.165) is 17.8 Å². The van der Waals surface area contributed by atoms with Gasteiger partial charge in [-0.2, -0.15) is 5.10 Å². The summed E-state index contributed by atoms with van der Waals surface area (Å²) in [5.74, 6) is 0. The van der Waals surface area contributed by atoms with Gasteiger partial charge in [-0.1, -0.05) is 24.3 Å². The number of hydrogen-bond donors (Lipinski definition) is 2. The predicted molar refractivity (Wildman–Crippen MR) is 68.9 cm³/mol. The summed E-state index contributed by atoms with van der Waals surface area (Å²) >= 11 is 0. The van der Waals surface area contributed by atoms with Crippen molar-refractivity contribution >= 4 is 0 Å². The standard InChI is InChI=1S/C14H17N3O/c1-9-12(8-16-17(9)2)14(18)13-11-6-4-3-5-10(11)7-15-13/h3-6,8,13-15,18H,7H2,1-2H3. The molecule has 4 heteroatoms. The van der Waals surface area contributed by atoms with E-state index in [1.807, 2.05) is 26.1 Å². The van der Waals surface area contributed by atoms with Crippen molar-refractivity contribution in [1.82, 2.24) is 15.1 Å². The van der Waals surface area contributed by atoms with Gasteiger partial charge in [-0.05, 0) is 18.1 Å². The van der Waals surface area contributed by atoms with Crippen molar-refractivity contribution in [2.45, 2.75) is 25.6 Å². The molecule has 1 aromatic carbocycles. The van der Waals surface area contributed by atoms with Gasteiger partial charge in [0.05, 0.1) is 12.2 Å². The number of fused-ring (bicyclic) bond motifs is 1. The van der Waals surface area contributed by atoms with Crippen LogP contribution in [0.3, 0.4) is 0 Å². The van der Waals surface area contributed by atoms with E-state index >= 15 is 0 Å². The number of nitrogens with one attached hydrogen (secondary N) is 1. The van der Waals surface area contributed by atoms with E-state index in [9.17, 15) is 5.11 Å². The Balaban J connectivity index is 1.95. The summed E-state index contributed by atoms with van der Waals surface area (Å²) in [5.41, 5.74) is 4.36. The highest BCUT2D eigenvalue weighted by Crippen LogP contribution is 2.35. The van der Waals surface area contributed by atoms with E-state index in [-0.39, 0.29) is 6.04 Å². The minimum absolute atomic E-state index is 0.0379. The van der Waals surface area contributed by atoms with Gasteiger partial charge in [0.2, 0.25) is 0 Å². The maximum atomic E-state index is 10.5. The SMILES string of the molecule is Cc1c(C(O)C2NCc3ccccc32)cnn1C. The van der Waals surface area contributed by atoms with Crippen LogP contribution in [-0.2, 0) is 13.6 Å². The largest absolute Gasteiger partial charge is 0.386 e. The molecule has 0 spiro atoms. The first-order valence-corrected chi connectivity index (χ1v) is 6.16. The highest BCUT2D eigenvalue weighted by atomic mass is 16.3. The fraction of sp³-hybridized carbons (Fsp3) is 0.357. The molecule has 0 radical (unpaired) electrons. The fourth-order valence-corrected chi connectivity index (χ4v) is 2.60. The molecule has 0 fully saturated rings. The van der Waals surface area contributed by atoms with Crippen LogP contribution in [0.15, 0.2) is 30.5 Å². The Hall–Kier alpha value is -1.65. The zero-order valence-corrected chi connectivity index (χ0v) is 10.6. The molecule has 1 aromatic heterocycles. The molecule has 0 saturated carbocycles. The lowest BCUT2D eigenvalue weighted by molar-refractivity contribution is 0.133. The molecule has 0 bridgehead atoms. The van der Waals surface area contributed by atoms with Gasteiger partial charge in [0.15, 0.2) is 0 Å². The lowest BCUT2D eigenvalue weighted by atomic mass is 9.96. The van der Waals surface area contributed by atoms with Crippen LogP contribution in [0.4, 0.5) is 0 Å². The Morgan fingerprint density at radius 2 is 2.22 bits per heavy atom. The molecule has 18 heavy (non-hydrogen) atoms. The lowest BCUT2D eigenvalue weighted by Gasteiger charge is -2.19. The van der Waals surface area contributed by atoms with E-state index in [4.69, 9.17) is 0 Å². The molecule has 0 aliphatic carbocycles. The first-order valence-electron chi connectivity index (χ1n) is 6.16. The molecule has 4 nitrogen and oxygen atoms in total. The Morgan fingerprint density at radius 1 is 1.44 bits per heavy atom. The number of aliphatic hydroxyl groups is 1. The van der Waals surface area contributed by atoms with Crippen molar-refractivity contribution in [3.8, 4) is 0 Å². The molecule has 0 amide bonds. The Morgan fingerprint density at radius 3 is 2.94 bits per heavy atom. The highest BCUT2D eigenvalue weighted by Gasteiger charge is 2.30. The van der Waals surface area contributed by atoms with Crippen molar-refractivity contribution in [3.63, 3.8) is 0 Å². The van der Waals surface area contributed by atoms with Gasteiger partial charge in [-0.3, -0.25) is 4.68 Å². The topological polar surface area (TPSA) is 50.1 Å². The predicted octanol–water partition coefficient (Wildman–Crippen LogP) is 1.61. The summed E-state index contributed by atoms with van der Waals surface area (Å²) in [5, 5.41) is 18.1. The fourth-order valence-electron chi connectivity index (χ4n) is 2.60. The molecule has 2 aromatic rings. The second-order valence-corrected chi connectivity index (χ2v) is 4.81. The van der Waals surface area contributed by atoms with E-state index in [2.05, 4.69) is 22.5 Å². The van der Waals surface area contributed by atoms with Crippen molar-refractivity contribution in [2.75, 3.05) is 0 Å². The van der Waals surface area contributed by atoms with Gasteiger partial charge < -0.3 is 10.4 Å². The zero-order chi connectivity index (χ0) is 12.7. The number of rotatable bonds is 2. The molecule has 0 saturated heterocycles. The van der Waals surface area contributed by atoms with Crippen LogP contribution in [0.5, 0.6) is 0 Å². The van der Waals surface area contributed by atoms with Crippen LogP contribution in [0.25, 0.3) is 0 Å². The van der Waals surface area contributed by atoms with Crippen molar-refractivity contribution < 1.29 is 5.11 Å². The second kappa shape index (κ2) is 4.23. The number of aryl methyl sites for hydroxylation is 1. The highest BCUT2D eigenvalue weighted by molar-refractivity contribution is 5.36. The van der Waals surface area contributed by atoms with Crippen molar-refractivity contribution in [3.05, 3.63) is 52.8 Å². The molecule has 1 aliphatic heterocycles. The van der Waals surface area contributed by atoms with Crippen LogP contribution in [0.1, 0.15) is 34.5 Å². The van der Waals surface area contributed by atoms with Gasteiger partial charge in [0.25, 0.3) is 0 Å². The monoisotopic (exact) mass is 243 g/mol. The summed E-state index contributed by atoms with van der Waals surface area (Å²) in [6, 6.07) is 8.19. The molecule has 2 heterocycles. The molecule has 2 unspecified atom stereocenters. The quantitative estimate of drug-likeness (QED) is 0.842.